The van der Waals surface area contributed by atoms with Crippen LogP contribution in [0.2, 0.25) is 0 Å². The van der Waals surface area contributed by atoms with E-state index in [-0.39, 0.29) is 25.6 Å². The predicted octanol–water partition coefficient (Wildman–Crippen LogP) is 4.42. The molecule has 1 N–H and O–H groups in total. The van der Waals surface area contributed by atoms with E-state index in [9.17, 15) is 14.7 Å². The van der Waals surface area contributed by atoms with Gasteiger partial charge in [-0.25, -0.2) is 4.79 Å². The van der Waals surface area contributed by atoms with E-state index in [1.54, 1.807) is 0 Å². The summed E-state index contributed by atoms with van der Waals surface area (Å²) in [5.74, 6) is 0.0390. The third-order valence-electron chi connectivity index (χ3n) is 6.80. The molecule has 0 radical (unpaired) electrons. The van der Waals surface area contributed by atoms with Crippen LogP contribution in [0.4, 0.5) is 0 Å². The van der Waals surface area contributed by atoms with Crippen LogP contribution >= 0.6 is 0 Å². The van der Waals surface area contributed by atoms with E-state index >= 15 is 0 Å². The topological polar surface area (TPSA) is 82.1 Å². The lowest BCUT2D eigenvalue weighted by Gasteiger charge is -2.24. The second-order valence-electron chi connectivity index (χ2n) is 9.96. The van der Waals surface area contributed by atoms with Crippen LogP contribution < -0.4 is 4.74 Å². The number of hydrogen-bond donors (Lipinski definition) is 1. The maximum atomic E-state index is 12.4. The van der Waals surface area contributed by atoms with Crippen molar-refractivity contribution >= 4 is 11.9 Å². The van der Waals surface area contributed by atoms with E-state index in [1.165, 1.54) is 22.3 Å². The molecule has 35 heavy (non-hydrogen) atoms. The number of rotatable bonds is 9. The Hall–Kier alpha value is -3.12. The summed E-state index contributed by atoms with van der Waals surface area (Å²) >= 11 is 0. The Morgan fingerprint density at radius 3 is 2.51 bits per heavy atom. The fraction of sp³-hybridized carbons (Fsp3) is 0.448. The minimum absolute atomic E-state index is 0.0710. The van der Waals surface area contributed by atoms with E-state index < -0.39 is 24.1 Å². The molecule has 2 atom stereocenters. The van der Waals surface area contributed by atoms with Gasteiger partial charge in [-0.05, 0) is 62.8 Å². The number of aryl methyl sites for hydroxylation is 3. The number of aliphatic hydroxyl groups is 1. The Bertz CT molecular complexity index is 1110. The monoisotopic (exact) mass is 478 g/mol. The molecule has 0 amide bonds. The summed E-state index contributed by atoms with van der Waals surface area (Å²) in [4.78, 5) is 24.4. The zero-order valence-corrected chi connectivity index (χ0v) is 20.8. The van der Waals surface area contributed by atoms with E-state index in [4.69, 9.17) is 14.2 Å². The van der Waals surface area contributed by atoms with Gasteiger partial charge in [0.05, 0.1) is 6.61 Å². The number of allylic oxidation sites excluding steroid dienone is 1. The summed E-state index contributed by atoms with van der Waals surface area (Å²) in [5.41, 5.74) is 5.25. The van der Waals surface area contributed by atoms with Gasteiger partial charge in [0.15, 0.2) is 5.60 Å². The highest BCUT2D eigenvalue weighted by Gasteiger charge is 2.45. The lowest BCUT2D eigenvalue weighted by Crippen LogP contribution is -2.39. The van der Waals surface area contributed by atoms with Crippen LogP contribution in [0.25, 0.3) is 0 Å². The predicted molar refractivity (Wildman–Crippen MR) is 132 cm³/mol. The first kappa shape index (κ1) is 25.0. The molecule has 0 saturated carbocycles. The first-order valence-electron chi connectivity index (χ1n) is 12.3. The molecule has 2 aromatic rings. The highest BCUT2D eigenvalue weighted by atomic mass is 16.6. The number of carbonyl (C=O) groups excluding carboxylic acids is 2. The second kappa shape index (κ2) is 10.6. The molecule has 6 heteroatoms. The van der Waals surface area contributed by atoms with Crippen molar-refractivity contribution in [1.82, 2.24) is 0 Å². The smallest absolute Gasteiger partial charge is 0.334 e. The molecule has 2 aliphatic heterocycles. The maximum Gasteiger partial charge on any atom is 0.334 e. The molecule has 1 saturated heterocycles. The summed E-state index contributed by atoms with van der Waals surface area (Å²) in [6.07, 6.45) is 3.64. The first-order valence-corrected chi connectivity index (χ1v) is 12.3. The van der Waals surface area contributed by atoms with Crippen molar-refractivity contribution in [3.8, 4) is 5.75 Å². The Balaban J connectivity index is 1.23. The number of benzene rings is 2. The molecule has 1 fully saturated rings. The molecule has 186 valence electrons. The SMILES string of the molecule is CC(C)=C1C[C@@](CO)(COC(=O)CC[C@@H]2Cc3cc(CCc4ccc(C)cc4)ccc3O2)OC1=O. The molecule has 6 nitrogen and oxygen atoms in total. The van der Waals surface area contributed by atoms with Crippen LogP contribution in [0, 0.1) is 6.92 Å². The fourth-order valence-corrected chi connectivity index (χ4v) is 4.58. The van der Waals surface area contributed by atoms with Crippen LogP contribution in [0.15, 0.2) is 53.6 Å². The van der Waals surface area contributed by atoms with Gasteiger partial charge in [-0.2, -0.15) is 0 Å². The van der Waals surface area contributed by atoms with Gasteiger partial charge >= 0.3 is 11.9 Å². The molecule has 0 spiro atoms. The minimum atomic E-state index is -1.19. The highest BCUT2D eigenvalue weighted by molar-refractivity contribution is 5.92. The Labute approximate surface area is 206 Å². The number of fused-ring (bicyclic) bond motifs is 1. The van der Waals surface area contributed by atoms with Crippen molar-refractivity contribution in [2.45, 2.75) is 71.0 Å². The van der Waals surface area contributed by atoms with Crippen molar-refractivity contribution in [2.75, 3.05) is 13.2 Å². The zero-order valence-electron chi connectivity index (χ0n) is 20.8. The summed E-state index contributed by atoms with van der Waals surface area (Å²) < 4.78 is 16.8. The van der Waals surface area contributed by atoms with Crippen LogP contribution in [-0.2, 0) is 38.3 Å². The summed E-state index contributed by atoms with van der Waals surface area (Å²) in [6.45, 7) is 5.20. The highest BCUT2D eigenvalue weighted by Crippen LogP contribution is 2.34. The van der Waals surface area contributed by atoms with Gasteiger partial charge in [0.25, 0.3) is 0 Å². The van der Waals surface area contributed by atoms with Gasteiger partial charge < -0.3 is 19.3 Å². The van der Waals surface area contributed by atoms with Gasteiger partial charge in [0, 0.05) is 24.8 Å². The lowest BCUT2D eigenvalue weighted by atomic mass is 9.97. The van der Waals surface area contributed by atoms with Crippen molar-refractivity contribution in [1.29, 1.82) is 0 Å². The number of hydrogen-bond acceptors (Lipinski definition) is 6. The van der Waals surface area contributed by atoms with Crippen molar-refractivity contribution < 1.29 is 28.9 Å². The largest absolute Gasteiger partial charge is 0.490 e. The molecule has 2 aliphatic rings. The quantitative estimate of drug-likeness (QED) is 0.424. The average Bonchev–Trinajstić information content (AvgIpc) is 3.41. The molecule has 4 rings (SSSR count). The van der Waals surface area contributed by atoms with E-state index in [0.29, 0.717) is 12.0 Å². The Morgan fingerprint density at radius 2 is 1.83 bits per heavy atom. The van der Waals surface area contributed by atoms with Gasteiger partial charge in [-0.1, -0.05) is 47.5 Å². The van der Waals surface area contributed by atoms with E-state index in [2.05, 4.69) is 43.3 Å². The lowest BCUT2D eigenvalue weighted by molar-refractivity contribution is -0.166. The van der Waals surface area contributed by atoms with Crippen molar-refractivity contribution in [3.63, 3.8) is 0 Å². The third kappa shape index (κ3) is 6.12. The number of carbonyl (C=O) groups is 2. The Kier molecular flexibility index (Phi) is 7.60. The van der Waals surface area contributed by atoms with Crippen LogP contribution in [-0.4, -0.2) is 42.0 Å². The number of esters is 2. The molecular formula is C29H34O6. The number of ether oxygens (including phenoxy) is 3. The first-order chi connectivity index (χ1) is 16.8. The van der Waals surface area contributed by atoms with Crippen molar-refractivity contribution in [2.24, 2.45) is 0 Å². The number of cyclic esters (lactones) is 1. The van der Waals surface area contributed by atoms with Crippen LogP contribution in [0.3, 0.4) is 0 Å². The normalized spacial score (nSPS) is 20.9. The Morgan fingerprint density at radius 1 is 1.11 bits per heavy atom. The molecule has 0 aliphatic carbocycles. The van der Waals surface area contributed by atoms with Crippen molar-refractivity contribution in [3.05, 3.63) is 75.9 Å². The maximum absolute atomic E-state index is 12.4. The zero-order chi connectivity index (χ0) is 25.0. The molecule has 0 aromatic heterocycles. The fourth-order valence-electron chi connectivity index (χ4n) is 4.58. The van der Waals surface area contributed by atoms with E-state index in [1.807, 2.05) is 19.9 Å². The molecule has 0 bridgehead atoms. The van der Waals surface area contributed by atoms with E-state index in [0.717, 1.165) is 30.6 Å². The molecule has 2 heterocycles. The van der Waals surface area contributed by atoms with Gasteiger partial charge in [-0.15, -0.1) is 0 Å². The van der Waals surface area contributed by atoms with Crippen LogP contribution in [0.1, 0.15) is 55.4 Å². The average molecular weight is 479 g/mol. The van der Waals surface area contributed by atoms with Gasteiger partial charge in [0.2, 0.25) is 0 Å². The minimum Gasteiger partial charge on any atom is -0.490 e. The standard InChI is InChI=1S/C29H34O6/c1-19(2)25-16-29(17-30,35-28(25)32)18-33-27(31)13-11-24-15-23-14-22(10-12-26(23)34-24)9-8-21-6-4-20(3)5-7-21/h4-7,10,12,14,24,30H,8-9,11,13,15-18H2,1-3H3/t24-,29-/m1/s1. The molecule has 0 unspecified atom stereocenters. The van der Waals surface area contributed by atoms with Gasteiger partial charge in [-0.3, -0.25) is 4.79 Å². The molecule has 2 aromatic carbocycles. The second-order valence-corrected chi connectivity index (χ2v) is 9.96. The summed E-state index contributed by atoms with van der Waals surface area (Å²) in [6, 6.07) is 15.0. The van der Waals surface area contributed by atoms with Gasteiger partial charge in [0.1, 0.15) is 18.5 Å². The number of aliphatic hydroxyl groups excluding tert-OH is 1. The summed E-state index contributed by atoms with van der Waals surface area (Å²) in [5, 5.41) is 9.77. The summed E-state index contributed by atoms with van der Waals surface area (Å²) in [7, 11) is 0. The third-order valence-corrected chi connectivity index (χ3v) is 6.80. The molecular weight excluding hydrogens is 444 g/mol. The van der Waals surface area contributed by atoms with Crippen LogP contribution in [0.5, 0.6) is 5.75 Å².